The fourth-order valence-electron chi connectivity index (χ4n) is 4.26. The highest BCUT2D eigenvalue weighted by Gasteiger charge is 2.15. The molecule has 4 aromatic carbocycles. The van der Waals surface area contributed by atoms with Crippen molar-refractivity contribution in [2.45, 2.75) is 19.4 Å². The molecule has 0 fully saturated rings. The third-order valence-electron chi connectivity index (χ3n) is 5.87. The number of nitrogens with zero attached hydrogens (tertiary/aromatic N) is 2. The van der Waals surface area contributed by atoms with Crippen LogP contribution in [0.3, 0.4) is 0 Å². The van der Waals surface area contributed by atoms with Crippen LogP contribution in [0.15, 0.2) is 97.1 Å². The first kappa shape index (κ1) is 19.6. The van der Waals surface area contributed by atoms with Gasteiger partial charge in [-0.2, -0.15) is 0 Å². The maximum Gasteiger partial charge on any atom is 0.0808 e. The number of rotatable bonds is 6. The van der Waals surface area contributed by atoms with Crippen LogP contribution >= 0.6 is 0 Å². The maximum atomic E-state index is 2.41. The zero-order chi connectivity index (χ0) is 21.2. The third-order valence-corrected chi connectivity index (χ3v) is 7.34. The SMILES string of the molecule is CCC[Si]c1ccc2c(c1)c1cc(N(C)c3ccccc3)ccc1n2-c1ccccc1. The van der Waals surface area contributed by atoms with Crippen molar-refractivity contribution in [3.8, 4) is 5.69 Å². The van der Waals surface area contributed by atoms with E-state index < -0.39 is 0 Å². The Balaban J connectivity index is 1.73. The summed E-state index contributed by atoms with van der Waals surface area (Å²) in [6, 6.07) is 36.4. The summed E-state index contributed by atoms with van der Waals surface area (Å²) in [5.74, 6) is 0. The van der Waals surface area contributed by atoms with E-state index in [9.17, 15) is 0 Å². The summed E-state index contributed by atoms with van der Waals surface area (Å²) in [4.78, 5) is 2.26. The fraction of sp³-hybridized carbons (Fsp3) is 0.143. The highest BCUT2D eigenvalue weighted by atomic mass is 28.2. The van der Waals surface area contributed by atoms with Gasteiger partial charge < -0.3 is 9.47 Å². The average molecular weight is 419 g/mol. The first-order valence-corrected chi connectivity index (χ1v) is 12.1. The quantitative estimate of drug-likeness (QED) is 0.278. The lowest BCUT2D eigenvalue weighted by atomic mass is 10.1. The predicted octanol–water partition coefficient (Wildman–Crippen LogP) is 6.71. The minimum Gasteiger partial charge on any atom is -0.345 e. The van der Waals surface area contributed by atoms with Crippen LogP contribution in [0.5, 0.6) is 0 Å². The summed E-state index contributed by atoms with van der Waals surface area (Å²) in [5.41, 5.74) is 6.12. The molecule has 5 aromatic rings. The van der Waals surface area contributed by atoms with Crippen molar-refractivity contribution in [3.05, 3.63) is 97.1 Å². The minimum atomic E-state index is 0.865. The Kier molecular flexibility index (Phi) is 5.35. The molecule has 0 aliphatic heterocycles. The lowest BCUT2D eigenvalue weighted by Gasteiger charge is -2.19. The Bertz CT molecular complexity index is 1320. The molecule has 31 heavy (non-hydrogen) atoms. The molecule has 0 spiro atoms. The van der Waals surface area contributed by atoms with Crippen LogP contribution in [0.25, 0.3) is 27.5 Å². The highest BCUT2D eigenvalue weighted by molar-refractivity contribution is 6.53. The molecule has 1 aromatic heterocycles. The van der Waals surface area contributed by atoms with Crippen molar-refractivity contribution in [2.75, 3.05) is 11.9 Å². The number of para-hydroxylation sites is 2. The molecule has 0 atom stereocenters. The van der Waals surface area contributed by atoms with Crippen molar-refractivity contribution < 1.29 is 0 Å². The van der Waals surface area contributed by atoms with Gasteiger partial charge in [0.15, 0.2) is 0 Å². The molecular weight excluding hydrogens is 392 g/mol. The monoisotopic (exact) mass is 418 g/mol. The number of fused-ring (bicyclic) bond motifs is 3. The second-order valence-corrected chi connectivity index (χ2v) is 9.36. The van der Waals surface area contributed by atoms with Gasteiger partial charge in [0, 0.05) is 34.9 Å². The highest BCUT2D eigenvalue weighted by Crippen LogP contribution is 2.35. The van der Waals surface area contributed by atoms with E-state index in [0.29, 0.717) is 0 Å². The molecule has 0 saturated heterocycles. The molecule has 0 aliphatic rings. The maximum absolute atomic E-state index is 2.41. The van der Waals surface area contributed by atoms with Gasteiger partial charge >= 0.3 is 0 Å². The summed E-state index contributed by atoms with van der Waals surface area (Å²) < 4.78 is 2.39. The summed E-state index contributed by atoms with van der Waals surface area (Å²) >= 11 is 0. The lowest BCUT2D eigenvalue weighted by Crippen LogP contribution is -2.12. The van der Waals surface area contributed by atoms with Crippen molar-refractivity contribution >= 4 is 47.9 Å². The van der Waals surface area contributed by atoms with Crippen LogP contribution in [0.1, 0.15) is 13.3 Å². The normalized spacial score (nSPS) is 11.3. The van der Waals surface area contributed by atoms with Crippen LogP contribution in [-0.2, 0) is 0 Å². The van der Waals surface area contributed by atoms with E-state index in [0.717, 1.165) is 9.52 Å². The Morgan fingerprint density at radius 3 is 2.06 bits per heavy atom. The molecule has 0 aliphatic carbocycles. The van der Waals surface area contributed by atoms with Crippen LogP contribution in [0, 0.1) is 0 Å². The number of benzene rings is 4. The van der Waals surface area contributed by atoms with E-state index in [1.54, 1.807) is 0 Å². The van der Waals surface area contributed by atoms with Crippen molar-refractivity contribution in [3.63, 3.8) is 0 Å². The van der Waals surface area contributed by atoms with E-state index in [1.807, 2.05) is 0 Å². The van der Waals surface area contributed by atoms with Gasteiger partial charge in [-0.3, -0.25) is 0 Å². The Morgan fingerprint density at radius 2 is 1.35 bits per heavy atom. The molecule has 152 valence electrons. The van der Waals surface area contributed by atoms with Gasteiger partial charge in [0.1, 0.15) is 0 Å². The summed E-state index contributed by atoms with van der Waals surface area (Å²) in [6.45, 7) is 2.26. The number of hydrogen-bond acceptors (Lipinski definition) is 1. The molecule has 1 heterocycles. The lowest BCUT2D eigenvalue weighted by molar-refractivity contribution is 1.08. The van der Waals surface area contributed by atoms with Crippen molar-refractivity contribution in [1.82, 2.24) is 4.57 Å². The van der Waals surface area contributed by atoms with E-state index in [1.165, 1.54) is 56.5 Å². The van der Waals surface area contributed by atoms with E-state index in [-0.39, 0.29) is 0 Å². The van der Waals surface area contributed by atoms with Crippen LogP contribution in [-0.4, -0.2) is 21.1 Å². The summed E-state index contributed by atoms with van der Waals surface area (Å²) in [5, 5.41) is 4.09. The Hall–Kier alpha value is -3.30. The van der Waals surface area contributed by atoms with Crippen LogP contribution in [0.4, 0.5) is 11.4 Å². The van der Waals surface area contributed by atoms with Gasteiger partial charge in [-0.05, 0) is 48.5 Å². The number of hydrogen-bond donors (Lipinski definition) is 0. The van der Waals surface area contributed by atoms with Crippen LogP contribution in [0.2, 0.25) is 6.04 Å². The van der Waals surface area contributed by atoms with E-state index in [2.05, 4.69) is 121 Å². The van der Waals surface area contributed by atoms with Gasteiger partial charge in [-0.1, -0.05) is 73.1 Å². The molecule has 0 bridgehead atoms. The van der Waals surface area contributed by atoms with Crippen molar-refractivity contribution in [1.29, 1.82) is 0 Å². The van der Waals surface area contributed by atoms with E-state index in [4.69, 9.17) is 0 Å². The average Bonchev–Trinajstić information content (AvgIpc) is 3.16. The first-order chi connectivity index (χ1) is 15.3. The second kappa shape index (κ2) is 8.44. The summed E-state index contributed by atoms with van der Waals surface area (Å²) in [7, 11) is 3.00. The molecule has 5 rings (SSSR count). The Labute approximate surface area is 186 Å². The molecule has 0 amide bonds. The topological polar surface area (TPSA) is 8.17 Å². The van der Waals surface area contributed by atoms with Gasteiger partial charge in [0.25, 0.3) is 0 Å². The first-order valence-electron chi connectivity index (χ1n) is 10.9. The third kappa shape index (κ3) is 3.66. The second-order valence-electron chi connectivity index (χ2n) is 7.93. The van der Waals surface area contributed by atoms with Gasteiger partial charge in [-0.15, -0.1) is 0 Å². The fourth-order valence-corrected chi connectivity index (χ4v) is 5.24. The summed E-state index contributed by atoms with van der Waals surface area (Å²) in [6.07, 6.45) is 1.23. The zero-order valence-corrected chi connectivity index (χ0v) is 19.0. The Morgan fingerprint density at radius 1 is 0.710 bits per heavy atom. The zero-order valence-electron chi connectivity index (χ0n) is 18.0. The number of anilines is 2. The standard InChI is InChI=1S/C28H26N2Si/c1-3-18-31-24-15-17-28-26(20-24)25-19-23(29(2)21-10-6-4-7-11-21)14-16-27(25)30(28)22-12-8-5-9-13-22/h4-17,19-20H,3,18H2,1-2H3. The predicted molar refractivity (Wildman–Crippen MR) is 136 cm³/mol. The largest absolute Gasteiger partial charge is 0.345 e. The van der Waals surface area contributed by atoms with Crippen LogP contribution < -0.4 is 10.1 Å². The van der Waals surface area contributed by atoms with Crippen molar-refractivity contribution in [2.24, 2.45) is 0 Å². The molecular formula is C28H26N2Si. The molecule has 2 nitrogen and oxygen atoms in total. The molecule has 0 saturated carbocycles. The molecule has 0 N–H and O–H groups in total. The number of aromatic nitrogens is 1. The van der Waals surface area contributed by atoms with Gasteiger partial charge in [0.2, 0.25) is 0 Å². The van der Waals surface area contributed by atoms with E-state index >= 15 is 0 Å². The molecule has 3 heteroatoms. The minimum absolute atomic E-state index is 0.865. The molecule has 0 unspecified atom stereocenters. The van der Waals surface area contributed by atoms with Gasteiger partial charge in [-0.25, -0.2) is 0 Å². The van der Waals surface area contributed by atoms with Gasteiger partial charge in [0.05, 0.1) is 20.6 Å². The smallest absolute Gasteiger partial charge is 0.0808 e. The molecule has 2 radical (unpaired) electrons.